The normalized spacial score (nSPS) is 12.0. The van der Waals surface area contributed by atoms with Crippen molar-refractivity contribution < 1.29 is 18.0 Å². The van der Waals surface area contributed by atoms with Gasteiger partial charge in [0.05, 0.1) is 11.3 Å². The summed E-state index contributed by atoms with van der Waals surface area (Å²) in [6.07, 6.45) is -3.22. The number of nitrogens with one attached hydrogen (secondary N) is 2. The molecule has 0 aliphatic rings. The van der Waals surface area contributed by atoms with E-state index < -0.39 is 17.3 Å². The summed E-state index contributed by atoms with van der Waals surface area (Å²) in [6, 6.07) is 6.26. The van der Waals surface area contributed by atoms with Crippen LogP contribution >= 0.6 is 11.6 Å². The van der Waals surface area contributed by atoms with Crippen molar-refractivity contribution in [1.82, 2.24) is 10.3 Å². The Morgan fingerprint density at radius 3 is 2.40 bits per heavy atom. The van der Waals surface area contributed by atoms with E-state index in [2.05, 4.69) is 15.6 Å². The summed E-state index contributed by atoms with van der Waals surface area (Å²) in [4.78, 5) is 16.1. The van der Waals surface area contributed by atoms with Gasteiger partial charge in [-0.2, -0.15) is 13.2 Å². The Morgan fingerprint density at radius 2 is 1.80 bits per heavy atom. The first-order valence-corrected chi connectivity index (χ1v) is 7.76. The Labute approximate surface area is 148 Å². The number of alkyl halides is 3. The molecule has 1 amide bonds. The van der Waals surface area contributed by atoms with E-state index in [1.807, 2.05) is 20.8 Å². The number of nitrogens with zero attached hydrogens (tertiary/aromatic N) is 1. The summed E-state index contributed by atoms with van der Waals surface area (Å²) < 4.78 is 39.4. The number of hydrogen-bond acceptors (Lipinski definition) is 3. The van der Waals surface area contributed by atoms with Crippen LogP contribution in [0, 0.1) is 0 Å². The second kappa shape index (κ2) is 6.92. The highest BCUT2D eigenvalue weighted by molar-refractivity contribution is 6.30. The van der Waals surface area contributed by atoms with Gasteiger partial charge in [0.1, 0.15) is 5.82 Å². The Morgan fingerprint density at radius 1 is 1.12 bits per heavy atom. The number of pyridine rings is 1. The second-order valence-electron chi connectivity index (χ2n) is 6.45. The fraction of sp³-hybridized carbons (Fsp3) is 0.294. The van der Waals surface area contributed by atoms with Gasteiger partial charge in [0.2, 0.25) is 0 Å². The van der Waals surface area contributed by atoms with Crippen LogP contribution in [0.15, 0.2) is 36.5 Å². The third kappa shape index (κ3) is 5.35. The first-order valence-electron chi connectivity index (χ1n) is 7.38. The lowest BCUT2D eigenvalue weighted by atomic mass is 10.1. The number of rotatable bonds is 3. The molecule has 8 heteroatoms. The van der Waals surface area contributed by atoms with Gasteiger partial charge < -0.3 is 10.6 Å². The Balaban J connectivity index is 2.31. The van der Waals surface area contributed by atoms with Crippen LogP contribution in [0.25, 0.3) is 0 Å². The zero-order valence-corrected chi connectivity index (χ0v) is 14.6. The molecule has 0 aliphatic heterocycles. The Kier molecular flexibility index (Phi) is 5.27. The van der Waals surface area contributed by atoms with Gasteiger partial charge in [-0.3, -0.25) is 4.79 Å². The molecule has 0 bridgehead atoms. The average molecular weight is 372 g/mol. The highest BCUT2D eigenvalue weighted by Crippen LogP contribution is 2.37. The highest BCUT2D eigenvalue weighted by Gasteiger charge is 2.34. The van der Waals surface area contributed by atoms with E-state index in [0.29, 0.717) is 0 Å². The summed E-state index contributed by atoms with van der Waals surface area (Å²) in [5.41, 5.74) is -1.26. The van der Waals surface area contributed by atoms with Crippen LogP contribution < -0.4 is 10.6 Å². The van der Waals surface area contributed by atoms with Crippen molar-refractivity contribution in [2.45, 2.75) is 32.5 Å². The number of carbonyl (C=O) groups excluding carboxylic acids is 1. The van der Waals surface area contributed by atoms with Crippen molar-refractivity contribution in [3.8, 4) is 0 Å². The van der Waals surface area contributed by atoms with Crippen LogP contribution in [0.3, 0.4) is 0 Å². The molecule has 0 saturated heterocycles. The molecule has 2 aromatic rings. The fourth-order valence-electron chi connectivity index (χ4n) is 2.05. The minimum Gasteiger partial charge on any atom is -0.347 e. The van der Waals surface area contributed by atoms with E-state index >= 15 is 0 Å². The molecule has 0 unspecified atom stereocenters. The monoisotopic (exact) mass is 371 g/mol. The van der Waals surface area contributed by atoms with E-state index in [9.17, 15) is 18.0 Å². The van der Waals surface area contributed by atoms with Gasteiger partial charge in [0.15, 0.2) is 0 Å². The van der Waals surface area contributed by atoms with Crippen LogP contribution in [0.2, 0.25) is 5.02 Å². The SMILES string of the molecule is CC(C)(C)NC(=O)c1ccnc(Nc2ccc(Cl)cc2C(F)(F)F)c1. The number of aromatic nitrogens is 1. The maximum atomic E-state index is 13.1. The quantitative estimate of drug-likeness (QED) is 0.796. The molecule has 0 radical (unpaired) electrons. The maximum absolute atomic E-state index is 13.1. The predicted molar refractivity (Wildman–Crippen MR) is 91.2 cm³/mol. The summed E-state index contributed by atoms with van der Waals surface area (Å²) in [5.74, 6) is -0.223. The minimum absolute atomic E-state index is 0.0239. The van der Waals surface area contributed by atoms with Crippen LogP contribution in [0.1, 0.15) is 36.7 Å². The molecule has 1 aromatic carbocycles. The third-order valence-corrected chi connectivity index (χ3v) is 3.30. The average Bonchev–Trinajstić information content (AvgIpc) is 2.46. The summed E-state index contributed by atoms with van der Waals surface area (Å²) >= 11 is 5.66. The van der Waals surface area contributed by atoms with Gasteiger partial charge in [0.25, 0.3) is 5.91 Å². The lowest BCUT2D eigenvalue weighted by molar-refractivity contribution is -0.136. The van der Waals surface area contributed by atoms with Gasteiger partial charge in [0, 0.05) is 22.3 Å². The molecule has 1 heterocycles. The maximum Gasteiger partial charge on any atom is 0.418 e. The number of amides is 1. The molecule has 4 nitrogen and oxygen atoms in total. The molecule has 0 spiro atoms. The molecule has 0 saturated carbocycles. The third-order valence-electron chi connectivity index (χ3n) is 3.06. The standard InChI is InChI=1S/C17H17ClF3N3O/c1-16(2,3)24-15(25)10-6-7-22-14(8-10)23-13-5-4-11(18)9-12(13)17(19,20)21/h4-9H,1-3H3,(H,22,23)(H,24,25). The Bertz CT molecular complexity index is 785. The first kappa shape index (κ1) is 19.1. The van der Waals surface area contributed by atoms with Crippen LogP contribution in [0.5, 0.6) is 0 Å². The van der Waals surface area contributed by atoms with Crippen LogP contribution in [0.4, 0.5) is 24.7 Å². The molecule has 134 valence electrons. The molecule has 0 fully saturated rings. The zero-order chi connectivity index (χ0) is 18.8. The van der Waals surface area contributed by atoms with Gasteiger partial charge in [-0.05, 0) is 51.1 Å². The van der Waals surface area contributed by atoms with E-state index in [1.54, 1.807) is 0 Å². The van der Waals surface area contributed by atoms with Gasteiger partial charge in [-0.15, -0.1) is 0 Å². The summed E-state index contributed by atoms with van der Waals surface area (Å²) in [6.45, 7) is 5.48. The Hall–Kier alpha value is -2.28. The smallest absolute Gasteiger partial charge is 0.347 e. The zero-order valence-electron chi connectivity index (χ0n) is 13.8. The summed E-state index contributed by atoms with van der Waals surface area (Å²) in [5, 5.41) is 5.35. The van der Waals surface area contributed by atoms with E-state index in [1.165, 1.54) is 30.5 Å². The lowest BCUT2D eigenvalue weighted by Crippen LogP contribution is -2.40. The molecule has 0 atom stereocenters. The number of hydrogen-bond donors (Lipinski definition) is 2. The highest BCUT2D eigenvalue weighted by atomic mass is 35.5. The van der Waals surface area contributed by atoms with Gasteiger partial charge >= 0.3 is 6.18 Å². The molecule has 2 N–H and O–H groups in total. The second-order valence-corrected chi connectivity index (χ2v) is 6.88. The van der Waals surface area contributed by atoms with E-state index in [4.69, 9.17) is 11.6 Å². The minimum atomic E-state index is -4.57. The molecule has 1 aromatic heterocycles. The van der Waals surface area contributed by atoms with E-state index in [0.717, 1.165) is 6.07 Å². The van der Waals surface area contributed by atoms with E-state index in [-0.39, 0.29) is 28.0 Å². The molecular formula is C17H17ClF3N3O. The van der Waals surface area contributed by atoms with Crippen molar-refractivity contribution in [3.05, 3.63) is 52.7 Å². The molecule has 0 aliphatic carbocycles. The number of benzene rings is 1. The topological polar surface area (TPSA) is 54.0 Å². The van der Waals surface area contributed by atoms with Crippen molar-refractivity contribution in [1.29, 1.82) is 0 Å². The molecule has 25 heavy (non-hydrogen) atoms. The number of anilines is 2. The van der Waals surface area contributed by atoms with Crippen LogP contribution in [-0.2, 0) is 6.18 Å². The number of carbonyl (C=O) groups is 1. The summed E-state index contributed by atoms with van der Waals surface area (Å²) in [7, 11) is 0. The van der Waals surface area contributed by atoms with Crippen molar-refractivity contribution >= 4 is 29.0 Å². The fourth-order valence-corrected chi connectivity index (χ4v) is 2.22. The van der Waals surface area contributed by atoms with Crippen molar-refractivity contribution in [2.75, 3.05) is 5.32 Å². The molecule has 2 rings (SSSR count). The van der Waals surface area contributed by atoms with Crippen molar-refractivity contribution in [2.24, 2.45) is 0 Å². The predicted octanol–water partition coefficient (Wildman–Crippen LogP) is 5.03. The lowest BCUT2D eigenvalue weighted by Gasteiger charge is -2.20. The first-order chi connectivity index (χ1) is 11.5. The van der Waals surface area contributed by atoms with Gasteiger partial charge in [-0.25, -0.2) is 4.98 Å². The number of halogens is 4. The largest absolute Gasteiger partial charge is 0.418 e. The van der Waals surface area contributed by atoms with Gasteiger partial charge in [-0.1, -0.05) is 11.6 Å². The van der Waals surface area contributed by atoms with Crippen molar-refractivity contribution in [3.63, 3.8) is 0 Å². The van der Waals surface area contributed by atoms with Crippen LogP contribution in [-0.4, -0.2) is 16.4 Å². The molecular weight excluding hydrogens is 355 g/mol.